The first kappa shape index (κ1) is 15.3. The van der Waals surface area contributed by atoms with E-state index < -0.39 is 17.4 Å². The minimum absolute atomic E-state index is 0.116. The lowest BCUT2D eigenvalue weighted by Gasteiger charge is -2.09. The van der Waals surface area contributed by atoms with Gasteiger partial charge in [0.15, 0.2) is 5.13 Å². The van der Waals surface area contributed by atoms with E-state index in [2.05, 4.69) is 10.1 Å². The van der Waals surface area contributed by atoms with Gasteiger partial charge >= 0.3 is 6.36 Å². The summed E-state index contributed by atoms with van der Waals surface area (Å²) in [5, 5.41) is 2.07. The average molecular weight is 319 g/mol. The van der Waals surface area contributed by atoms with E-state index in [4.69, 9.17) is 0 Å². The molecule has 3 nitrogen and oxygen atoms in total. The molecular formula is C13H9F4NO2S. The van der Waals surface area contributed by atoms with Crippen LogP contribution in [0.15, 0.2) is 36.4 Å². The average Bonchev–Trinajstić information content (AvgIpc) is 2.82. The molecule has 8 heteroatoms. The Hall–Kier alpha value is -2.09. The van der Waals surface area contributed by atoms with Gasteiger partial charge in [-0.05, 0) is 29.8 Å². The van der Waals surface area contributed by atoms with Crippen LogP contribution in [0.3, 0.4) is 0 Å². The quantitative estimate of drug-likeness (QED) is 0.872. The molecule has 0 atom stereocenters. The number of carbonyl (C=O) groups is 1. The van der Waals surface area contributed by atoms with Crippen LogP contribution in [-0.4, -0.2) is 12.3 Å². The number of hydrogen-bond donors (Lipinski definition) is 1. The van der Waals surface area contributed by atoms with Crippen LogP contribution in [-0.2, 0) is 6.54 Å². The lowest BCUT2D eigenvalue weighted by Crippen LogP contribution is -2.21. The van der Waals surface area contributed by atoms with Crippen molar-refractivity contribution >= 4 is 17.2 Å². The summed E-state index contributed by atoms with van der Waals surface area (Å²) in [5.74, 6) is -0.780. The summed E-state index contributed by atoms with van der Waals surface area (Å²) in [7, 11) is 0. The molecule has 2 rings (SSSR count). The lowest BCUT2D eigenvalue weighted by molar-refractivity contribution is -0.274. The van der Waals surface area contributed by atoms with E-state index in [1.165, 1.54) is 24.3 Å². The summed E-state index contributed by atoms with van der Waals surface area (Å²) in [5.41, 5.74) is 0.593. The zero-order valence-electron chi connectivity index (χ0n) is 10.4. The number of nitrogens with one attached hydrogen (secondary N) is 1. The molecule has 1 amide bonds. The highest BCUT2D eigenvalue weighted by molar-refractivity contribution is 7.12. The summed E-state index contributed by atoms with van der Waals surface area (Å²) >= 11 is 0.716. The second-order valence-electron chi connectivity index (χ2n) is 3.98. The Bertz CT molecular complexity index is 622. The van der Waals surface area contributed by atoms with Gasteiger partial charge in [0.25, 0.3) is 5.91 Å². The van der Waals surface area contributed by atoms with E-state index in [9.17, 15) is 22.4 Å². The topological polar surface area (TPSA) is 38.3 Å². The molecule has 1 aromatic carbocycles. The summed E-state index contributed by atoms with van der Waals surface area (Å²) in [6, 6.07) is 7.64. The second kappa shape index (κ2) is 6.13. The SMILES string of the molecule is O=C(NCc1ccc(OC(F)(F)F)cc1)c1ccc(F)s1. The predicted molar refractivity (Wildman–Crippen MR) is 68.6 cm³/mol. The number of rotatable bonds is 4. The van der Waals surface area contributed by atoms with Crippen LogP contribution in [0.2, 0.25) is 0 Å². The number of hydrogen-bond acceptors (Lipinski definition) is 3. The van der Waals surface area contributed by atoms with E-state index in [1.807, 2.05) is 0 Å². The van der Waals surface area contributed by atoms with Gasteiger partial charge in [-0.2, -0.15) is 4.39 Å². The standard InChI is InChI=1S/C13H9F4NO2S/c14-11-6-5-10(21-11)12(19)18-7-8-1-3-9(4-2-8)20-13(15,16)17/h1-6H,7H2,(H,18,19). The molecule has 0 saturated heterocycles. The molecule has 0 saturated carbocycles. The number of alkyl halides is 3. The van der Waals surface area contributed by atoms with Crippen LogP contribution in [0, 0.1) is 5.13 Å². The fourth-order valence-corrected chi connectivity index (χ4v) is 2.16. The van der Waals surface area contributed by atoms with Crippen molar-refractivity contribution < 1.29 is 27.1 Å². The fourth-order valence-electron chi connectivity index (χ4n) is 1.51. The van der Waals surface area contributed by atoms with Crippen molar-refractivity contribution in [1.29, 1.82) is 0 Å². The maximum atomic E-state index is 12.8. The Balaban J connectivity index is 1.90. The van der Waals surface area contributed by atoms with Crippen LogP contribution in [0.1, 0.15) is 15.2 Å². The minimum Gasteiger partial charge on any atom is -0.406 e. The summed E-state index contributed by atoms with van der Waals surface area (Å²) in [4.78, 5) is 11.9. The third kappa shape index (κ3) is 4.75. The van der Waals surface area contributed by atoms with Crippen molar-refractivity contribution in [2.75, 3.05) is 0 Å². The van der Waals surface area contributed by atoms with Crippen molar-refractivity contribution in [2.45, 2.75) is 12.9 Å². The monoisotopic (exact) mass is 319 g/mol. The molecule has 0 spiro atoms. The molecule has 112 valence electrons. The highest BCUT2D eigenvalue weighted by Crippen LogP contribution is 2.22. The molecule has 2 aromatic rings. The van der Waals surface area contributed by atoms with Crippen LogP contribution in [0.5, 0.6) is 5.75 Å². The molecule has 1 aromatic heterocycles. The van der Waals surface area contributed by atoms with Gasteiger partial charge in [0.05, 0.1) is 4.88 Å². The molecule has 0 fully saturated rings. The Morgan fingerprint density at radius 3 is 2.33 bits per heavy atom. The van der Waals surface area contributed by atoms with E-state index in [-0.39, 0.29) is 17.2 Å². The molecule has 0 aliphatic rings. The van der Waals surface area contributed by atoms with Crippen molar-refractivity contribution in [3.05, 3.63) is 52.0 Å². The predicted octanol–water partition coefficient (Wildman–Crippen LogP) is 3.72. The number of thiophene rings is 1. The van der Waals surface area contributed by atoms with Gasteiger partial charge in [-0.25, -0.2) is 0 Å². The lowest BCUT2D eigenvalue weighted by atomic mass is 10.2. The van der Waals surface area contributed by atoms with E-state index >= 15 is 0 Å². The van der Waals surface area contributed by atoms with Crippen molar-refractivity contribution in [3.63, 3.8) is 0 Å². The molecule has 0 aliphatic heterocycles. The summed E-state index contributed by atoms with van der Waals surface area (Å²) < 4.78 is 52.4. The Morgan fingerprint density at radius 1 is 1.14 bits per heavy atom. The number of ether oxygens (including phenoxy) is 1. The normalized spacial score (nSPS) is 11.2. The molecule has 1 N–H and O–H groups in total. The van der Waals surface area contributed by atoms with Gasteiger partial charge in [0.1, 0.15) is 5.75 Å². The van der Waals surface area contributed by atoms with Gasteiger partial charge in [-0.3, -0.25) is 4.79 Å². The molecule has 1 heterocycles. The van der Waals surface area contributed by atoms with Crippen LogP contribution < -0.4 is 10.1 Å². The summed E-state index contributed by atoms with van der Waals surface area (Å²) in [6.07, 6.45) is -4.74. The van der Waals surface area contributed by atoms with E-state index in [1.54, 1.807) is 0 Å². The largest absolute Gasteiger partial charge is 0.573 e. The molecule has 21 heavy (non-hydrogen) atoms. The van der Waals surface area contributed by atoms with E-state index in [0.29, 0.717) is 16.9 Å². The second-order valence-corrected chi connectivity index (χ2v) is 5.01. The fraction of sp³-hybridized carbons (Fsp3) is 0.154. The molecule has 0 bridgehead atoms. The van der Waals surface area contributed by atoms with Crippen molar-refractivity contribution in [3.8, 4) is 5.75 Å². The Kier molecular flexibility index (Phi) is 4.46. The minimum atomic E-state index is -4.74. The first-order valence-electron chi connectivity index (χ1n) is 5.72. The molecular weight excluding hydrogens is 310 g/mol. The number of carbonyl (C=O) groups excluding carboxylic acids is 1. The first-order valence-corrected chi connectivity index (χ1v) is 6.53. The maximum absolute atomic E-state index is 12.8. The van der Waals surface area contributed by atoms with Crippen molar-refractivity contribution in [1.82, 2.24) is 5.32 Å². The number of amides is 1. The highest BCUT2D eigenvalue weighted by atomic mass is 32.1. The number of benzene rings is 1. The maximum Gasteiger partial charge on any atom is 0.573 e. The first-order chi connectivity index (χ1) is 9.83. The molecule has 0 aliphatic carbocycles. The number of halogens is 4. The Morgan fingerprint density at radius 2 is 1.81 bits per heavy atom. The Labute approximate surface area is 121 Å². The van der Waals surface area contributed by atoms with E-state index in [0.717, 1.165) is 12.1 Å². The van der Waals surface area contributed by atoms with Gasteiger partial charge < -0.3 is 10.1 Å². The van der Waals surface area contributed by atoms with Crippen LogP contribution in [0.4, 0.5) is 17.6 Å². The zero-order valence-corrected chi connectivity index (χ0v) is 11.2. The highest BCUT2D eigenvalue weighted by Gasteiger charge is 2.30. The third-order valence-corrected chi connectivity index (χ3v) is 3.28. The molecule has 0 unspecified atom stereocenters. The molecule has 0 radical (unpaired) electrons. The van der Waals surface area contributed by atoms with Crippen molar-refractivity contribution in [2.24, 2.45) is 0 Å². The van der Waals surface area contributed by atoms with Gasteiger partial charge in [0, 0.05) is 6.54 Å². The van der Waals surface area contributed by atoms with Gasteiger partial charge in [-0.1, -0.05) is 12.1 Å². The van der Waals surface area contributed by atoms with Gasteiger partial charge in [0.2, 0.25) is 0 Å². The van der Waals surface area contributed by atoms with Crippen LogP contribution >= 0.6 is 11.3 Å². The van der Waals surface area contributed by atoms with Gasteiger partial charge in [-0.15, -0.1) is 24.5 Å². The third-order valence-electron chi connectivity index (χ3n) is 2.41. The smallest absolute Gasteiger partial charge is 0.406 e. The van der Waals surface area contributed by atoms with Crippen LogP contribution in [0.25, 0.3) is 0 Å². The summed E-state index contributed by atoms with van der Waals surface area (Å²) in [6.45, 7) is 0.116. The zero-order chi connectivity index (χ0) is 15.5.